The fraction of sp³-hybridized carbons (Fsp3) is 0.550. The van der Waals surface area contributed by atoms with Crippen LogP contribution in [0.4, 0.5) is 0 Å². The van der Waals surface area contributed by atoms with E-state index in [1.807, 2.05) is 0 Å². The fourth-order valence-corrected chi connectivity index (χ4v) is 3.21. The van der Waals surface area contributed by atoms with Crippen molar-refractivity contribution in [1.82, 2.24) is 0 Å². The number of terminal acetylenes is 1. The molecule has 0 radical (unpaired) electrons. The second kappa shape index (κ2) is 6.89. The molecular formula is C20H24O2. The van der Waals surface area contributed by atoms with Crippen LogP contribution in [0.15, 0.2) is 24.3 Å². The topological polar surface area (TPSA) is 26.3 Å². The van der Waals surface area contributed by atoms with Crippen LogP contribution >= 0.6 is 0 Å². The van der Waals surface area contributed by atoms with Crippen molar-refractivity contribution in [2.24, 2.45) is 17.3 Å². The van der Waals surface area contributed by atoms with Gasteiger partial charge in [-0.15, -0.1) is 13.0 Å². The highest BCUT2D eigenvalue weighted by atomic mass is 16.5. The summed E-state index contributed by atoms with van der Waals surface area (Å²) in [6, 6.07) is 0. The second-order valence-corrected chi connectivity index (χ2v) is 6.65. The maximum absolute atomic E-state index is 12.4. The Kier molecular flexibility index (Phi) is 5.15. The molecule has 0 N–H and O–H groups in total. The summed E-state index contributed by atoms with van der Waals surface area (Å²) in [5, 5.41) is 0. The number of allylic oxidation sites excluding steroid dienone is 3. The van der Waals surface area contributed by atoms with Crippen molar-refractivity contribution >= 4 is 5.97 Å². The summed E-state index contributed by atoms with van der Waals surface area (Å²) in [7, 11) is 0. The lowest BCUT2D eigenvalue weighted by molar-refractivity contribution is -0.147. The highest BCUT2D eigenvalue weighted by molar-refractivity contribution is 5.79. The smallest absolute Gasteiger partial charge is 0.312 e. The van der Waals surface area contributed by atoms with Gasteiger partial charge in [0.2, 0.25) is 6.10 Å². The summed E-state index contributed by atoms with van der Waals surface area (Å²) >= 11 is 0. The molecule has 0 spiro atoms. The Morgan fingerprint density at radius 1 is 1.50 bits per heavy atom. The number of esters is 1. The van der Waals surface area contributed by atoms with E-state index in [4.69, 9.17) is 11.2 Å². The van der Waals surface area contributed by atoms with Gasteiger partial charge in [-0.25, -0.2) is 0 Å². The number of carbonyl (C=O) groups excluding carboxylic acids is 1. The monoisotopic (exact) mass is 296 g/mol. The van der Waals surface area contributed by atoms with Crippen molar-refractivity contribution < 1.29 is 9.53 Å². The number of ether oxygens (including phenoxy) is 1. The average Bonchev–Trinajstić information content (AvgIpc) is 2.82. The molecule has 2 nitrogen and oxygen atoms in total. The van der Waals surface area contributed by atoms with Gasteiger partial charge in [-0.2, -0.15) is 0 Å². The first-order valence-corrected chi connectivity index (χ1v) is 7.96. The van der Waals surface area contributed by atoms with Crippen molar-refractivity contribution in [3.05, 3.63) is 24.3 Å². The van der Waals surface area contributed by atoms with Crippen molar-refractivity contribution in [3.8, 4) is 24.2 Å². The molecule has 2 aliphatic rings. The van der Waals surface area contributed by atoms with Crippen LogP contribution in [0.1, 0.15) is 46.0 Å². The molecule has 0 aliphatic heterocycles. The minimum atomic E-state index is -0.761. The van der Waals surface area contributed by atoms with E-state index in [-0.39, 0.29) is 23.2 Å². The van der Waals surface area contributed by atoms with Gasteiger partial charge >= 0.3 is 5.97 Å². The number of rotatable bonds is 4. The molecule has 116 valence electrons. The van der Waals surface area contributed by atoms with Crippen LogP contribution in [0, 0.1) is 41.4 Å². The van der Waals surface area contributed by atoms with Gasteiger partial charge in [-0.05, 0) is 48.9 Å². The summed E-state index contributed by atoms with van der Waals surface area (Å²) < 4.78 is 5.39. The maximum Gasteiger partial charge on any atom is 0.312 e. The zero-order chi connectivity index (χ0) is 16.2. The highest BCUT2D eigenvalue weighted by Crippen LogP contribution is 2.60. The minimum Gasteiger partial charge on any atom is -0.437 e. The lowest BCUT2D eigenvalue weighted by Crippen LogP contribution is -2.18. The Bertz CT molecular complexity index is 569. The van der Waals surface area contributed by atoms with Crippen molar-refractivity contribution in [1.29, 1.82) is 0 Å². The Balaban J connectivity index is 1.98. The number of hydrogen-bond acceptors (Lipinski definition) is 2. The molecule has 2 saturated carbocycles. The zero-order valence-electron chi connectivity index (χ0n) is 13.5. The Morgan fingerprint density at radius 3 is 2.77 bits per heavy atom. The van der Waals surface area contributed by atoms with Crippen LogP contribution in [0.25, 0.3) is 0 Å². The fourth-order valence-electron chi connectivity index (χ4n) is 3.21. The summed E-state index contributed by atoms with van der Waals surface area (Å²) in [6.45, 7) is 7.82. The molecule has 0 saturated heterocycles. The first-order valence-electron chi connectivity index (χ1n) is 7.96. The molecule has 0 aromatic heterocycles. The van der Waals surface area contributed by atoms with Crippen LogP contribution in [-0.2, 0) is 9.53 Å². The van der Waals surface area contributed by atoms with E-state index < -0.39 is 6.10 Å². The van der Waals surface area contributed by atoms with Gasteiger partial charge < -0.3 is 4.74 Å². The van der Waals surface area contributed by atoms with E-state index in [2.05, 4.69) is 44.3 Å². The molecule has 3 unspecified atom stereocenters. The molecule has 22 heavy (non-hydrogen) atoms. The summed E-state index contributed by atoms with van der Waals surface area (Å²) in [5.41, 5.74) is 1.45. The maximum atomic E-state index is 12.4. The standard InChI is InChI=1S/C20H24O2/c1-5-7-8-13-16(6-2)22-19(21)18-17(20(18,3)4)14-15-11-9-10-12-15/h2,5,14,16-18H,1,7,9-12H2,3-4H3. The molecule has 0 amide bonds. The summed E-state index contributed by atoms with van der Waals surface area (Å²) in [5.74, 6) is 8.00. The average molecular weight is 296 g/mol. The zero-order valence-corrected chi connectivity index (χ0v) is 13.5. The van der Waals surface area contributed by atoms with Crippen molar-refractivity contribution in [2.45, 2.75) is 52.1 Å². The van der Waals surface area contributed by atoms with Gasteiger partial charge in [0.15, 0.2) is 0 Å². The molecular weight excluding hydrogens is 272 g/mol. The molecule has 0 bridgehead atoms. The molecule has 2 fully saturated rings. The molecule has 2 rings (SSSR count). The van der Waals surface area contributed by atoms with Gasteiger partial charge in [0, 0.05) is 6.42 Å². The Labute approximate surface area is 134 Å². The number of carbonyl (C=O) groups is 1. The van der Waals surface area contributed by atoms with Gasteiger partial charge in [-0.3, -0.25) is 4.79 Å². The third-order valence-electron chi connectivity index (χ3n) is 4.69. The summed E-state index contributed by atoms with van der Waals surface area (Å²) in [6.07, 6.45) is 14.1. The molecule has 2 aliphatic carbocycles. The van der Waals surface area contributed by atoms with Gasteiger partial charge in [0.1, 0.15) is 0 Å². The Hall–Kier alpha value is -1.93. The van der Waals surface area contributed by atoms with Crippen LogP contribution in [-0.4, -0.2) is 12.1 Å². The summed E-state index contributed by atoms with van der Waals surface area (Å²) in [4.78, 5) is 12.4. The first-order chi connectivity index (χ1) is 10.5. The predicted octanol–water partition coefficient (Wildman–Crippen LogP) is 3.88. The molecule has 0 heterocycles. The van der Waals surface area contributed by atoms with Gasteiger partial charge in [0.25, 0.3) is 0 Å². The quantitative estimate of drug-likeness (QED) is 0.447. The van der Waals surface area contributed by atoms with Crippen LogP contribution in [0.2, 0.25) is 0 Å². The van der Waals surface area contributed by atoms with E-state index in [0.717, 1.165) is 0 Å². The van der Waals surface area contributed by atoms with E-state index in [1.165, 1.54) is 31.3 Å². The van der Waals surface area contributed by atoms with Crippen molar-refractivity contribution in [2.75, 3.05) is 0 Å². The van der Waals surface area contributed by atoms with E-state index in [1.54, 1.807) is 6.08 Å². The van der Waals surface area contributed by atoms with E-state index in [9.17, 15) is 4.79 Å². The van der Waals surface area contributed by atoms with Crippen molar-refractivity contribution in [3.63, 3.8) is 0 Å². The molecule has 3 atom stereocenters. The third-order valence-corrected chi connectivity index (χ3v) is 4.69. The van der Waals surface area contributed by atoms with E-state index >= 15 is 0 Å². The lowest BCUT2D eigenvalue weighted by Gasteiger charge is -2.07. The predicted molar refractivity (Wildman–Crippen MR) is 88.6 cm³/mol. The lowest BCUT2D eigenvalue weighted by atomic mass is 10.1. The van der Waals surface area contributed by atoms with Gasteiger partial charge in [-0.1, -0.05) is 37.5 Å². The van der Waals surface area contributed by atoms with Gasteiger partial charge in [0.05, 0.1) is 5.92 Å². The Morgan fingerprint density at radius 2 is 2.18 bits per heavy atom. The highest BCUT2D eigenvalue weighted by Gasteiger charge is 2.61. The molecule has 0 aromatic carbocycles. The van der Waals surface area contributed by atoms with Crippen LogP contribution < -0.4 is 0 Å². The largest absolute Gasteiger partial charge is 0.437 e. The molecule has 2 heteroatoms. The SMILES string of the molecule is C#CC(C#CCC=C)OC(=O)C1C(C=C2CCCC2)C1(C)C. The number of hydrogen-bond donors (Lipinski definition) is 0. The van der Waals surface area contributed by atoms with E-state index in [0.29, 0.717) is 6.42 Å². The van der Waals surface area contributed by atoms with Crippen LogP contribution in [0.5, 0.6) is 0 Å². The normalized spacial score (nSPS) is 26.1. The second-order valence-electron chi connectivity index (χ2n) is 6.65. The first kappa shape index (κ1) is 16.4. The molecule has 0 aromatic rings. The van der Waals surface area contributed by atoms with Crippen LogP contribution in [0.3, 0.4) is 0 Å². The third kappa shape index (κ3) is 3.63. The minimum absolute atomic E-state index is 0.0413.